The van der Waals surface area contributed by atoms with E-state index in [4.69, 9.17) is 4.98 Å². The summed E-state index contributed by atoms with van der Waals surface area (Å²) in [4.78, 5) is 22.6. The number of aromatic nitrogens is 1. The van der Waals surface area contributed by atoms with Crippen LogP contribution in [0.5, 0.6) is 0 Å². The van der Waals surface area contributed by atoms with Crippen LogP contribution in [0.25, 0.3) is 0 Å². The number of nitrogens with zero attached hydrogens (tertiary/aromatic N) is 3. The first-order chi connectivity index (χ1) is 15.7. The number of amides is 1. The normalized spacial score (nSPS) is 18.1. The molecule has 2 aromatic rings. The van der Waals surface area contributed by atoms with Crippen LogP contribution in [0.15, 0.2) is 29.6 Å². The lowest BCUT2D eigenvalue weighted by Gasteiger charge is -2.31. The van der Waals surface area contributed by atoms with Gasteiger partial charge in [-0.15, -0.1) is 11.3 Å². The smallest absolute Gasteiger partial charge is 0.275 e. The van der Waals surface area contributed by atoms with Crippen LogP contribution in [-0.4, -0.2) is 55.2 Å². The highest BCUT2D eigenvalue weighted by molar-refractivity contribution is 7.10. The summed E-state index contributed by atoms with van der Waals surface area (Å²) in [5.74, 6) is 0.364. The summed E-state index contributed by atoms with van der Waals surface area (Å²) >= 11 is 1.64. The fourth-order valence-corrected chi connectivity index (χ4v) is 5.60. The van der Waals surface area contributed by atoms with Gasteiger partial charge in [0.25, 0.3) is 5.91 Å². The second-order valence-electron chi connectivity index (χ2n) is 8.99. The summed E-state index contributed by atoms with van der Waals surface area (Å²) < 4.78 is 0. The molecule has 32 heavy (non-hydrogen) atoms. The highest BCUT2D eigenvalue weighted by Crippen LogP contribution is 2.31. The number of hydrogen-bond donors (Lipinski definition) is 2. The number of hydrogen-bond acceptors (Lipinski definition) is 6. The Balaban J connectivity index is 1.31. The Hall–Kier alpha value is -1.96. The molecule has 2 aliphatic heterocycles. The lowest BCUT2D eigenvalue weighted by Crippen LogP contribution is -2.39. The van der Waals surface area contributed by atoms with Gasteiger partial charge in [0, 0.05) is 44.1 Å². The van der Waals surface area contributed by atoms with Crippen molar-refractivity contribution in [3.63, 3.8) is 0 Å². The number of carbonyl (C=O) groups excluding carboxylic acids is 1. The van der Waals surface area contributed by atoms with Crippen molar-refractivity contribution < 1.29 is 4.79 Å². The number of piperidine rings is 2. The average molecular weight is 456 g/mol. The molecule has 174 valence electrons. The largest absolute Gasteiger partial charge is 0.370 e. The first kappa shape index (κ1) is 23.2. The van der Waals surface area contributed by atoms with Gasteiger partial charge in [0.05, 0.1) is 16.4 Å². The number of rotatable bonds is 9. The Morgan fingerprint density at radius 1 is 1.12 bits per heavy atom. The van der Waals surface area contributed by atoms with E-state index in [9.17, 15) is 4.79 Å². The number of anilines is 2. The van der Waals surface area contributed by atoms with Crippen LogP contribution in [0.3, 0.4) is 0 Å². The summed E-state index contributed by atoms with van der Waals surface area (Å²) in [6, 6.07) is 8.14. The van der Waals surface area contributed by atoms with Gasteiger partial charge in [-0.25, -0.2) is 4.98 Å². The summed E-state index contributed by atoms with van der Waals surface area (Å²) in [5, 5.41) is 9.70. The molecule has 2 fully saturated rings. The van der Waals surface area contributed by atoms with Crippen LogP contribution in [0.1, 0.15) is 73.3 Å². The van der Waals surface area contributed by atoms with Crippen molar-refractivity contribution in [3.05, 3.63) is 40.3 Å². The first-order valence-electron chi connectivity index (χ1n) is 12.3. The van der Waals surface area contributed by atoms with Crippen molar-refractivity contribution in [2.45, 2.75) is 57.8 Å². The monoisotopic (exact) mass is 455 g/mol. The van der Waals surface area contributed by atoms with E-state index in [0.717, 1.165) is 68.6 Å². The number of carbonyl (C=O) groups is 1. The molecule has 7 heteroatoms. The molecule has 0 spiro atoms. The highest BCUT2D eigenvalue weighted by Gasteiger charge is 2.24. The standard InChI is InChI=1S/C25H37N5OS/c1-2-3-13-26-19-29-16-11-20(12-17-29)25-28-22(18-32-25)24(31)27-21-9-5-6-10-23(21)30-14-7-4-8-15-30/h5-6,9-10,18,20,26H,2-4,7-8,11-17,19H2,1H3,(H,27,31). The van der Waals surface area contributed by atoms with Crippen LogP contribution >= 0.6 is 11.3 Å². The number of unbranched alkanes of at least 4 members (excludes halogenated alkanes) is 1. The van der Waals surface area contributed by atoms with Crippen LogP contribution < -0.4 is 15.5 Å². The summed E-state index contributed by atoms with van der Waals surface area (Å²) in [5.41, 5.74) is 2.55. The fraction of sp³-hybridized carbons (Fsp3) is 0.600. The summed E-state index contributed by atoms with van der Waals surface area (Å²) in [6.45, 7) is 8.60. The van der Waals surface area contributed by atoms with E-state index in [1.54, 1.807) is 11.3 Å². The molecule has 0 radical (unpaired) electrons. The average Bonchev–Trinajstić information content (AvgIpc) is 3.34. The molecule has 0 atom stereocenters. The molecular weight excluding hydrogens is 418 g/mol. The minimum absolute atomic E-state index is 0.102. The molecule has 6 nitrogen and oxygen atoms in total. The Bertz CT molecular complexity index is 856. The van der Waals surface area contributed by atoms with Crippen molar-refractivity contribution in [2.75, 3.05) is 49.6 Å². The third-order valence-corrected chi connectivity index (χ3v) is 7.59. The quantitative estimate of drug-likeness (QED) is 0.526. The van der Waals surface area contributed by atoms with Crippen molar-refractivity contribution in [1.82, 2.24) is 15.2 Å². The zero-order chi connectivity index (χ0) is 22.2. The predicted molar refractivity (Wildman–Crippen MR) is 134 cm³/mol. The second kappa shape index (κ2) is 11.8. The molecule has 0 aliphatic carbocycles. The van der Waals surface area contributed by atoms with Gasteiger partial charge < -0.3 is 15.5 Å². The van der Waals surface area contributed by atoms with Crippen molar-refractivity contribution in [2.24, 2.45) is 0 Å². The highest BCUT2D eigenvalue weighted by atomic mass is 32.1. The van der Waals surface area contributed by atoms with Gasteiger partial charge in [-0.05, 0) is 57.2 Å². The maximum absolute atomic E-state index is 13.0. The van der Waals surface area contributed by atoms with Crippen molar-refractivity contribution >= 4 is 28.6 Å². The molecule has 1 aromatic carbocycles. The molecule has 2 N–H and O–H groups in total. The summed E-state index contributed by atoms with van der Waals surface area (Å²) in [7, 11) is 0. The van der Waals surface area contributed by atoms with Gasteiger partial charge >= 0.3 is 0 Å². The van der Waals surface area contributed by atoms with E-state index >= 15 is 0 Å². The second-order valence-corrected chi connectivity index (χ2v) is 9.88. The van der Waals surface area contributed by atoms with Crippen LogP contribution in [0.2, 0.25) is 0 Å². The third kappa shape index (κ3) is 6.09. The van der Waals surface area contributed by atoms with E-state index in [-0.39, 0.29) is 5.91 Å². The molecular formula is C25H37N5OS. The molecule has 2 aliphatic rings. The SMILES string of the molecule is CCCCNCN1CCC(c2nc(C(=O)Nc3ccccc3N3CCCCC3)cs2)CC1. The van der Waals surface area contributed by atoms with E-state index in [0.29, 0.717) is 11.6 Å². The molecule has 2 saturated heterocycles. The van der Waals surface area contributed by atoms with Gasteiger partial charge in [-0.1, -0.05) is 25.5 Å². The first-order valence-corrected chi connectivity index (χ1v) is 13.2. The van der Waals surface area contributed by atoms with Gasteiger partial charge in [0.1, 0.15) is 5.69 Å². The van der Waals surface area contributed by atoms with E-state index in [1.165, 1.54) is 32.1 Å². The Kier molecular flexibility index (Phi) is 8.54. The Morgan fingerprint density at radius 3 is 2.69 bits per heavy atom. The number of benzene rings is 1. The Labute approximate surface area is 196 Å². The molecule has 4 rings (SSSR count). The fourth-order valence-electron chi connectivity index (χ4n) is 4.63. The number of nitrogens with one attached hydrogen (secondary N) is 2. The minimum atomic E-state index is -0.102. The van der Waals surface area contributed by atoms with Gasteiger partial charge in [0.15, 0.2) is 0 Å². The summed E-state index contributed by atoms with van der Waals surface area (Å²) in [6.07, 6.45) is 8.42. The van der Waals surface area contributed by atoms with Crippen LogP contribution in [0.4, 0.5) is 11.4 Å². The predicted octanol–water partition coefficient (Wildman–Crippen LogP) is 4.91. The van der Waals surface area contributed by atoms with Crippen molar-refractivity contribution in [3.8, 4) is 0 Å². The van der Waals surface area contributed by atoms with Crippen LogP contribution in [-0.2, 0) is 0 Å². The van der Waals surface area contributed by atoms with E-state index in [2.05, 4.69) is 33.4 Å². The maximum Gasteiger partial charge on any atom is 0.275 e. The van der Waals surface area contributed by atoms with Crippen molar-refractivity contribution in [1.29, 1.82) is 0 Å². The molecule has 0 unspecified atom stereocenters. The van der Waals surface area contributed by atoms with Gasteiger partial charge in [-0.3, -0.25) is 9.69 Å². The molecule has 0 bridgehead atoms. The van der Waals surface area contributed by atoms with Crippen LogP contribution in [0, 0.1) is 0 Å². The number of likely N-dealkylation sites (tertiary alicyclic amines) is 1. The number of thiazole rings is 1. The third-order valence-electron chi connectivity index (χ3n) is 6.58. The molecule has 3 heterocycles. The minimum Gasteiger partial charge on any atom is -0.370 e. The molecule has 1 aromatic heterocycles. The lowest BCUT2D eigenvalue weighted by atomic mass is 9.98. The van der Waals surface area contributed by atoms with Gasteiger partial charge in [-0.2, -0.15) is 0 Å². The topological polar surface area (TPSA) is 60.5 Å². The lowest BCUT2D eigenvalue weighted by molar-refractivity contribution is 0.102. The zero-order valence-electron chi connectivity index (χ0n) is 19.3. The van der Waals surface area contributed by atoms with Gasteiger partial charge in [0.2, 0.25) is 0 Å². The van der Waals surface area contributed by atoms with E-state index in [1.807, 2.05) is 23.6 Å². The van der Waals surface area contributed by atoms with E-state index < -0.39 is 0 Å². The molecule has 1 amide bonds. The number of para-hydroxylation sites is 2. The molecule has 0 saturated carbocycles. The maximum atomic E-state index is 13.0. The Morgan fingerprint density at radius 2 is 1.91 bits per heavy atom. The zero-order valence-corrected chi connectivity index (χ0v) is 20.1.